The number of hydrogen-bond acceptors (Lipinski definition) is 5. The summed E-state index contributed by atoms with van der Waals surface area (Å²) < 4.78 is 10.7. The van der Waals surface area contributed by atoms with Gasteiger partial charge in [-0.3, -0.25) is 9.59 Å². The maximum Gasteiger partial charge on any atom is 0.256 e. The zero-order valence-corrected chi connectivity index (χ0v) is 17.6. The minimum Gasteiger partial charge on any atom is -0.454 e. The third-order valence-corrected chi connectivity index (χ3v) is 5.74. The fourth-order valence-electron chi connectivity index (χ4n) is 4.06. The molecule has 1 atom stereocenters. The van der Waals surface area contributed by atoms with E-state index in [-0.39, 0.29) is 24.8 Å². The second kappa shape index (κ2) is 8.26. The predicted molar refractivity (Wildman–Crippen MR) is 120 cm³/mol. The van der Waals surface area contributed by atoms with E-state index in [1.165, 1.54) is 0 Å². The van der Waals surface area contributed by atoms with Gasteiger partial charge in [0.05, 0.1) is 0 Å². The summed E-state index contributed by atoms with van der Waals surface area (Å²) in [6.45, 7) is 3.18. The van der Waals surface area contributed by atoms with Crippen molar-refractivity contribution in [1.29, 1.82) is 0 Å². The summed E-state index contributed by atoms with van der Waals surface area (Å²) in [4.78, 5) is 27.0. The van der Waals surface area contributed by atoms with Crippen LogP contribution in [0, 0.1) is 0 Å². The average Bonchev–Trinajstić information content (AvgIpc) is 3.40. The maximum absolute atomic E-state index is 12.6. The van der Waals surface area contributed by atoms with Crippen LogP contribution in [0.5, 0.6) is 11.5 Å². The van der Waals surface area contributed by atoms with Crippen LogP contribution in [0.2, 0.25) is 0 Å². The zero-order chi connectivity index (χ0) is 22.1. The van der Waals surface area contributed by atoms with E-state index in [2.05, 4.69) is 10.6 Å². The van der Waals surface area contributed by atoms with E-state index in [0.717, 1.165) is 28.1 Å². The van der Waals surface area contributed by atoms with Crippen molar-refractivity contribution in [3.8, 4) is 11.5 Å². The second-order valence-electron chi connectivity index (χ2n) is 7.67. The summed E-state index contributed by atoms with van der Waals surface area (Å²) in [6, 6.07) is 20.5. The molecule has 0 spiro atoms. The Bertz CT molecular complexity index is 1180. The molecule has 0 bridgehead atoms. The molecule has 2 heterocycles. The van der Waals surface area contributed by atoms with Crippen LogP contribution in [0.15, 0.2) is 66.7 Å². The Morgan fingerprint density at radius 2 is 1.81 bits per heavy atom. The molecule has 7 heteroatoms. The number of carbonyl (C=O) groups excluding carboxylic acids is 2. The van der Waals surface area contributed by atoms with Crippen molar-refractivity contribution in [2.75, 3.05) is 18.7 Å². The van der Waals surface area contributed by atoms with E-state index >= 15 is 0 Å². The Kier molecular flexibility index (Phi) is 5.15. The summed E-state index contributed by atoms with van der Waals surface area (Å²) in [5, 5.41) is 6.35. The Balaban J connectivity index is 1.24. The van der Waals surface area contributed by atoms with Crippen LogP contribution in [0.1, 0.15) is 44.9 Å². The molecule has 32 heavy (non-hydrogen) atoms. The molecule has 2 amide bonds. The van der Waals surface area contributed by atoms with Crippen molar-refractivity contribution in [3.05, 3.63) is 89.0 Å². The molecule has 0 fully saturated rings. The van der Waals surface area contributed by atoms with Gasteiger partial charge in [0, 0.05) is 35.5 Å². The topological polar surface area (TPSA) is 79.9 Å². The highest BCUT2D eigenvalue weighted by molar-refractivity contribution is 5.99. The highest BCUT2D eigenvalue weighted by Crippen LogP contribution is 2.34. The lowest BCUT2D eigenvalue weighted by atomic mass is 10.1. The summed E-state index contributed by atoms with van der Waals surface area (Å²) >= 11 is 0. The fraction of sp³-hybridized carbons (Fsp3) is 0.200. The number of hydrogen-bond donors (Lipinski definition) is 2. The molecule has 7 nitrogen and oxygen atoms in total. The van der Waals surface area contributed by atoms with Crippen LogP contribution in [0.3, 0.4) is 0 Å². The Hall–Kier alpha value is -4.00. The minimum absolute atomic E-state index is 0.0279. The normalized spacial score (nSPS) is 16.1. The predicted octanol–water partition coefficient (Wildman–Crippen LogP) is 3.93. The van der Waals surface area contributed by atoms with Crippen molar-refractivity contribution in [2.45, 2.75) is 19.6 Å². The Morgan fingerprint density at radius 1 is 1.03 bits per heavy atom. The van der Waals surface area contributed by atoms with Crippen LogP contribution in [0.25, 0.3) is 0 Å². The van der Waals surface area contributed by atoms with Gasteiger partial charge < -0.3 is 25.0 Å². The van der Waals surface area contributed by atoms with E-state index in [9.17, 15) is 9.59 Å². The van der Waals surface area contributed by atoms with E-state index < -0.39 is 0 Å². The van der Waals surface area contributed by atoms with Crippen LogP contribution < -0.4 is 20.1 Å². The molecule has 3 aromatic rings. The molecule has 2 N–H and O–H groups in total. The van der Waals surface area contributed by atoms with Crippen molar-refractivity contribution < 1.29 is 19.1 Å². The van der Waals surface area contributed by atoms with E-state index in [1.807, 2.05) is 61.5 Å². The first-order valence-electron chi connectivity index (χ1n) is 10.6. The van der Waals surface area contributed by atoms with Crippen molar-refractivity contribution >= 4 is 17.5 Å². The van der Waals surface area contributed by atoms with E-state index in [4.69, 9.17) is 9.47 Å². The molecule has 2 aliphatic rings. The van der Waals surface area contributed by atoms with Gasteiger partial charge in [-0.05, 0) is 55.0 Å². The lowest BCUT2D eigenvalue weighted by Crippen LogP contribution is -2.32. The molecule has 0 radical (unpaired) electrons. The van der Waals surface area contributed by atoms with Crippen LogP contribution >= 0.6 is 0 Å². The molecule has 5 rings (SSSR count). The fourth-order valence-corrected chi connectivity index (χ4v) is 4.06. The number of carbonyl (C=O) groups is 2. The van der Waals surface area contributed by atoms with Gasteiger partial charge in [0.1, 0.15) is 6.17 Å². The number of nitrogens with one attached hydrogen (secondary N) is 2. The Morgan fingerprint density at radius 3 is 2.62 bits per heavy atom. The quantitative estimate of drug-likeness (QED) is 0.621. The SMILES string of the molecule is CCN1C(=O)c2ccccc2C1Nc1ccc(C(=O)NCc2ccc3c(c2)OCO3)cc1. The maximum atomic E-state index is 12.6. The first-order valence-corrected chi connectivity index (χ1v) is 10.6. The first kappa shape index (κ1) is 19.9. The molecule has 0 aliphatic carbocycles. The monoisotopic (exact) mass is 429 g/mol. The summed E-state index contributed by atoms with van der Waals surface area (Å²) in [6.07, 6.45) is -0.227. The van der Waals surface area contributed by atoms with Crippen molar-refractivity contribution in [2.24, 2.45) is 0 Å². The minimum atomic E-state index is -0.227. The first-order chi connectivity index (χ1) is 15.6. The number of rotatable bonds is 6. The third kappa shape index (κ3) is 3.62. The van der Waals surface area contributed by atoms with Gasteiger partial charge in [0.2, 0.25) is 6.79 Å². The molecule has 162 valence electrons. The van der Waals surface area contributed by atoms with Gasteiger partial charge in [-0.1, -0.05) is 24.3 Å². The molecule has 0 saturated heterocycles. The third-order valence-electron chi connectivity index (χ3n) is 5.74. The van der Waals surface area contributed by atoms with Gasteiger partial charge in [0.25, 0.3) is 11.8 Å². The number of nitrogens with zero attached hydrogens (tertiary/aromatic N) is 1. The lowest BCUT2D eigenvalue weighted by molar-refractivity contribution is 0.0753. The van der Waals surface area contributed by atoms with Gasteiger partial charge in [-0.15, -0.1) is 0 Å². The van der Waals surface area contributed by atoms with Crippen molar-refractivity contribution in [1.82, 2.24) is 10.2 Å². The molecule has 1 unspecified atom stereocenters. The van der Waals surface area contributed by atoms with Crippen LogP contribution in [-0.4, -0.2) is 30.1 Å². The number of amides is 2. The smallest absolute Gasteiger partial charge is 0.256 e. The molecule has 0 aromatic heterocycles. The van der Waals surface area contributed by atoms with Gasteiger partial charge in [0.15, 0.2) is 11.5 Å². The largest absolute Gasteiger partial charge is 0.454 e. The van der Waals surface area contributed by atoms with Crippen LogP contribution in [0.4, 0.5) is 5.69 Å². The number of benzene rings is 3. The average molecular weight is 429 g/mol. The summed E-state index contributed by atoms with van der Waals surface area (Å²) in [7, 11) is 0. The second-order valence-corrected chi connectivity index (χ2v) is 7.67. The van der Waals surface area contributed by atoms with Gasteiger partial charge in [-0.25, -0.2) is 0 Å². The van der Waals surface area contributed by atoms with Gasteiger partial charge in [-0.2, -0.15) is 0 Å². The Labute approximate surface area is 185 Å². The summed E-state index contributed by atoms with van der Waals surface area (Å²) in [5.41, 5.74) is 4.03. The van der Waals surface area contributed by atoms with E-state index in [0.29, 0.717) is 24.4 Å². The highest BCUT2D eigenvalue weighted by Gasteiger charge is 2.35. The van der Waals surface area contributed by atoms with Crippen molar-refractivity contribution in [3.63, 3.8) is 0 Å². The number of fused-ring (bicyclic) bond motifs is 2. The molecule has 2 aliphatic heterocycles. The molecular formula is C25H23N3O4. The van der Waals surface area contributed by atoms with Crippen LogP contribution in [-0.2, 0) is 6.54 Å². The molecule has 0 saturated carbocycles. The molecule has 3 aromatic carbocycles. The van der Waals surface area contributed by atoms with E-state index in [1.54, 1.807) is 17.0 Å². The van der Waals surface area contributed by atoms with Gasteiger partial charge >= 0.3 is 0 Å². The number of anilines is 1. The lowest BCUT2D eigenvalue weighted by Gasteiger charge is -2.25. The zero-order valence-electron chi connectivity index (χ0n) is 17.6. The summed E-state index contributed by atoms with van der Waals surface area (Å²) in [5.74, 6) is 1.28. The standard InChI is InChI=1S/C25H23N3O4/c1-2-28-23(19-5-3-4-6-20(19)25(28)30)27-18-10-8-17(9-11-18)24(29)26-14-16-7-12-21-22(13-16)32-15-31-21/h3-13,23,27H,2,14-15H2,1H3,(H,26,29). The molecular weight excluding hydrogens is 406 g/mol. The highest BCUT2D eigenvalue weighted by atomic mass is 16.7. The number of ether oxygens (including phenoxy) is 2.